The van der Waals surface area contributed by atoms with E-state index in [1.165, 1.54) is 12.3 Å². The molecule has 0 aliphatic carbocycles. The lowest BCUT2D eigenvalue weighted by molar-refractivity contribution is 0.0725. The number of aromatic nitrogens is 2. The number of nitrogens with zero attached hydrogens (tertiary/aromatic N) is 3. The number of pyridine rings is 1. The Morgan fingerprint density at radius 3 is 2.44 bits per heavy atom. The third-order valence-corrected chi connectivity index (χ3v) is 7.12. The number of fused-ring (bicyclic) bond motifs is 2. The van der Waals surface area contributed by atoms with Gasteiger partial charge in [-0.3, -0.25) is 9.59 Å². The number of aliphatic hydroxyl groups excluding tert-OH is 1. The molecule has 34 heavy (non-hydrogen) atoms. The molecule has 2 bridgehead atoms. The van der Waals surface area contributed by atoms with Crippen LogP contribution in [0.5, 0.6) is 0 Å². The van der Waals surface area contributed by atoms with Crippen LogP contribution in [-0.4, -0.2) is 62.6 Å². The summed E-state index contributed by atoms with van der Waals surface area (Å²) in [5.41, 5.74) is -0.584. The summed E-state index contributed by atoms with van der Waals surface area (Å²) in [6.07, 6.45) is 2.15. The zero-order valence-electron chi connectivity index (χ0n) is 19.4. The standard InChI is InChI=1S/C23H29F2N5O3S/c1-23(2,3)29-16-10-14(19(24)25)15(11-27-16)18-17(28-21(34-18)20(32)26-8-9-31)22(33)30-12-4-5-13(30)7-6-12/h10-13,19,31H,4-9H2,1-3H3,(H,26,32)(H,27,29). The first-order valence-electron chi connectivity index (χ1n) is 11.4. The van der Waals surface area contributed by atoms with Crippen LogP contribution in [0.1, 0.15) is 78.7 Å². The number of alkyl halides is 2. The molecular weight excluding hydrogens is 464 g/mol. The summed E-state index contributed by atoms with van der Waals surface area (Å²) in [5, 5.41) is 14.6. The summed E-state index contributed by atoms with van der Waals surface area (Å²) in [4.78, 5) is 36.7. The van der Waals surface area contributed by atoms with Crippen molar-refractivity contribution in [2.45, 2.75) is 70.5 Å². The van der Waals surface area contributed by atoms with Crippen LogP contribution in [0.3, 0.4) is 0 Å². The highest BCUT2D eigenvalue weighted by molar-refractivity contribution is 7.17. The van der Waals surface area contributed by atoms with Crippen LogP contribution in [0.25, 0.3) is 10.4 Å². The van der Waals surface area contributed by atoms with Gasteiger partial charge in [0.15, 0.2) is 5.01 Å². The molecular formula is C23H29F2N5O3S. The summed E-state index contributed by atoms with van der Waals surface area (Å²) in [7, 11) is 0. The second-order valence-corrected chi connectivity index (χ2v) is 10.7. The fourth-order valence-corrected chi connectivity index (χ4v) is 5.66. The van der Waals surface area contributed by atoms with E-state index < -0.39 is 12.3 Å². The summed E-state index contributed by atoms with van der Waals surface area (Å²) in [6.45, 7) is 5.45. The average molecular weight is 494 g/mol. The third kappa shape index (κ3) is 4.90. The lowest BCUT2D eigenvalue weighted by Gasteiger charge is -2.23. The number of amides is 2. The molecule has 0 aromatic carbocycles. The van der Waals surface area contributed by atoms with Crippen LogP contribution in [0.15, 0.2) is 12.3 Å². The van der Waals surface area contributed by atoms with Crippen molar-refractivity contribution in [3.05, 3.63) is 28.5 Å². The maximum absolute atomic E-state index is 14.2. The number of thiazole rings is 1. The van der Waals surface area contributed by atoms with Crippen molar-refractivity contribution >= 4 is 29.0 Å². The zero-order chi connectivity index (χ0) is 24.6. The van der Waals surface area contributed by atoms with Crippen molar-refractivity contribution in [3.63, 3.8) is 0 Å². The van der Waals surface area contributed by atoms with E-state index in [0.29, 0.717) is 5.82 Å². The minimum atomic E-state index is -2.82. The molecule has 0 spiro atoms. The molecule has 2 fully saturated rings. The average Bonchev–Trinajstić information content (AvgIpc) is 3.50. The summed E-state index contributed by atoms with van der Waals surface area (Å²) < 4.78 is 28.3. The van der Waals surface area contributed by atoms with Crippen LogP contribution in [0, 0.1) is 0 Å². The molecule has 2 aromatic rings. The molecule has 11 heteroatoms. The van der Waals surface area contributed by atoms with Gasteiger partial charge in [0.2, 0.25) is 0 Å². The number of hydrogen-bond donors (Lipinski definition) is 3. The van der Waals surface area contributed by atoms with Gasteiger partial charge in [0.1, 0.15) is 11.5 Å². The van der Waals surface area contributed by atoms with Gasteiger partial charge in [-0.2, -0.15) is 0 Å². The molecule has 8 nitrogen and oxygen atoms in total. The number of carbonyl (C=O) groups excluding carboxylic acids is 2. The molecule has 2 saturated heterocycles. The minimum Gasteiger partial charge on any atom is -0.395 e. The Morgan fingerprint density at radius 2 is 1.88 bits per heavy atom. The zero-order valence-corrected chi connectivity index (χ0v) is 20.2. The smallest absolute Gasteiger partial charge is 0.280 e. The van der Waals surface area contributed by atoms with Crippen molar-refractivity contribution in [1.82, 2.24) is 20.2 Å². The van der Waals surface area contributed by atoms with Gasteiger partial charge < -0.3 is 20.6 Å². The quantitative estimate of drug-likeness (QED) is 0.541. The number of carbonyl (C=O) groups is 2. The van der Waals surface area contributed by atoms with E-state index in [0.717, 1.165) is 37.0 Å². The van der Waals surface area contributed by atoms with E-state index in [9.17, 15) is 18.4 Å². The normalized spacial score (nSPS) is 19.7. The van der Waals surface area contributed by atoms with Gasteiger partial charge in [0, 0.05) is 41.5 Å². The van der Waals surface area contributed by atoms with E-state index in [1.54, 1.807) is 4.90 Å². The summed E-state index contributed by atoms with van der Waals surface area (Å²) in [6, 6.07) is 1.51. The van der Waals surface area contributed by atoms with E-state index in [1.807, 2.05) is 20.8 Å². The van der Waals surface area contributed by atoms with E-state index >= 15 is 0 Å². The second-order valence-electron chi connectivity index (χ2n) is 9.68. The molecule has 2 aromatic heterocycles. The monoisotopic (exact) mass is 493 g/mol. The van der Waals surface area contributed by atoms with E-state index in [-0.39, 0.29) is 63.4 Å². The van der Waals surface area contributed by atoms with Gasteiger partial charge in [0.25, 0.3) is 18.2 Å². The molecule has 3 N–H and O–H groups in total. The van der Waals surface area contributed by atoms with E-state index in [4.69, 9.17) is 5.11 Å². The van der Waals surface area contributed by atoms with Crippen LogP contribution in [0.4, 0.5) is 14.6 Å². The molecule has 0 radical (unpaired) electrons. The first kappa shape index (κ1) is 24.5. The number of rotatable bonds is 7. The first-order chi connectivity index (χ1) is 16.1. The lowest BCUT2D eigenvalue weighted by Crippen LogP contribution is -2.35. The molecule has 2 aliphatic heterocycles. The van der Waals surface area contributed by atoms with Crippen LogP contribution in [0.2, 0.25) is 0 Å². The number of aliphatic hydroxyl groups is 1. The highest BCUT2D eigenvalue weighted by atomic mass is 32.1. The largest absolute Gasteiger partial charge is 0.395 e. The van der Waals surface area contributed by atoms with Gasteiger partial charge in [-0.25, -0.2) is 18.7 Å². The van der Waals surface area contributed by atoms with Crippen molar-refractivity contribution in [3.8, 4) is 10.4 Å². The van der Waals surface area contributed by atoms with Gasteiger partial charge in [0.05, 0.1) is 11.5 Å². The molecule has 0 unspecified atom stereocenters. The van der Waals surface area contributed by atoms with Crippen LogP contribution >= 0.6 is 11.3 Å². The Kier molecular flexibility index (Phi) is 6.86. The number of halogens is 2. The van der Waals surface area contributed by atoms with Gasteiger partial charge >= 0.3 is 0 Å². The highest BCUT2D eigenvalue weighted by Crippen LogP contribution is 2.42. The highest BCUT2D eigenvalue weighted by Gasteiger charge is 2.44. The van der Waals surface area contributed by atoms with Crippen molar-refractivity contribution < 1.29 is 23.5 Å². The molecule has 4 rings (SSSR count). The Morgan fingerprint density at radius 1 is 1.24 bits per heavy atom. The lowest BCUT2D eigenvalue weighted by atomic mass is 10.0. The second kappa shape index (κ2) is 9.53. The van der Waals surface area contributed by atoms with Gasteiger partial charge in [-0.15, -0.1) is 11.3 Å². The summed E-state index contributed by atoms with van der Waals surface area (Å²) in [5.74, 6) is -0.613. The molecule has 2 aliphatic rings. The maximum Gasteiger partial charge on any atom is 0.280 e. The fourth-order valence-electron chi connectivity index (χ4n) is 4.65. The number of anilines is 1. The van der Waals surface area contributed by atoms with E-state index in [2.05, 4.69) is 20.6 Å². The Hall–Kier alpha value is -2.66. The fraction of sp³-hybridized carbons (Fsp3) is 0.565. The maximum atomic E-state index is 14.2. The molecule has 184 valence electrons. The minimum absolute atomic E-state index is 0.00169. The van der Waals surface area contributed by atoms with Gasteiger partial charge in [-0.1, -0.05) is 0 Å². The topological polar surface area (TPSA) is 107 Å². The molecule has 4 heterocycles. The van der Waals surface area contributed by atoms with Crippen LogP contribution < -0.4 is 10.6 Å². The predicted molar refractivity (Wildman–Crippen MR) is 125 cm³/mol. The number of hydrogen-bond acceptors (Lipinski definition) is 7. The molecule has 2 amide bonds. The molecule has 0 atom stereocenters. The molecule has 0 saturated carbocycles. The SMILES string of the molecule is CC(C)(C)Nc1cc(C(F)F)c(-c2sc(C(=O)NCCO)nc2C(=O)N2C3CCC2CC3)cn1. The Labute approximate surface area is 200 Å². The van der Waals surface area contributed by atoms with Crippen molar-refractivity contribution in [2.75, 3.05) is 18.5 Å². The first-order valence-corrected chi connectivity index (χ1v) is 12.2. The van der Waals surface area contributed by atoms with Crippen molar-refractivity contribution in [2.24, 2.45) is 0 Å². The third-order valence-electron chi connectivity index (χ3n) is 6.03. The predicted octanol–water partition coefficient (Wildman–Crippen LogP) is 3.84. The van der Waals surface area contributed by atoms with Crippen LogP contribution in [-0.2, 0) is 0 Å². The number of nitrogens with one attached hydrogen (secondary N) is 2. The van der Waals surface area contributed by atoms with Crippen molar-refractivity contribution in [1.29, 1.82) is 0 Å². The Bertz CT molecular complexity index is 1070. The van der Waals surface area contributed by atoms with Gasteiger partial charge in [-0.05, 0) is 52.5 Å². The Balaban J connectivity index is 1.79. The summed E-state index contributed by atoms with van der Waals surface area (Å²) >= 11 is 0.886.